The van der Waals surface area contributed by atoms with Gasteiger partial charge in [0, 0.05) is 12.0 Å². The second-order valence-corrected chi connectivity index (χ2v) is 6.40. The zero-order valence-electron chi connectivity index (χ0n) is 13.8. The number of nitrogens with zero attached hydrogens (tertiary/aromatic N) is 1. The highest BCUT2D eigenvalue weighted by atomic mass is 16.2. The number of hydrogen-bond donors (Lipinski definition) is 2. The van der Waals surface area contributed by atoms with Gasteiger partial charge in [0.25, 0.3) is 0 Å². The quantitative estimate of drug-likeness (QED) is 0.668. The van der Waals surface area contributed by atoms with Gasteiger partial charge in [0.1, 0.15) is 0 Å². The molecule has 118 valence electrons. The molecule has 1 amide bonds. The third-order valence-corrected chi connectivity index (χ3v) is 4.73. The zero-order chi connectivity index (χ0) is 15.0. The van der Waals surface area contributed by atoms with E-state index in [-0.39, 0.29) is 11.3 Å². The van der Waals surface area contributed by atoms with Crippen molar-refractivity contribution in [3.05, 3.63) is 0 Å². The summed E-state index contributed by atoms with van der Waals surface area (Å²) in [7, 11) is 0. The van der Waals surface area contributed by atoms with Gasteiger partial charge in [-0.05, 0) is 57.9 Å². The van der Waals surface area contributed by atoms with Gasteiger partial charge in [-0.15, -0.1) is 0 Å². The Kier molecular flexibility index (Phi) is 7.52. The number of carbonyl (C=O) groups is 1. The largest absolute Gasteiger partial charge is 0.356 e. The lowest BCUT2D eigenvalue weighted by Crippen LogP contribution is -2.47. The molecule has 20 heavy (non-hydrogen) atoms. The lowest BCUT2D eigenvalue weighted by molar-refractivity contribution is -0.132. The van der Waals surface area contributed by atoms with Crippen molar-refractivity contribution in [3.63, 3.8) is 0 Å². The molecule has 0 aromatic heterocycles. The van der Waals surface area contributed by atoms with Crippen LogP contribution in [0.4, 0.5) is 0 Å². The van der Waals surface area contributed by atoms with Crippen LogP contribution in [0.25, 0.3) is 0 Å². The highest BCUT2D eigenvalue weighted by Gasteiger charge is 2.36. The van der Waals surface area contributed by atoms with Crippen molar-refractivity contribution in [2.45, 2.75) is 47.0 Å². The molecule has 2 N–H and O–H groups in total. The van der Waals surface area contributed by atoms with Gasteiger partial charge in [0.15, 0.2) is 0 Å². The summed E-state index contributed by atoms with van der Waals surface area (Å²) in [4.78, 5) is 14.8. The average Bonchev–Trinajstić information content (AvgIpc) is 2.48. The Morgan fingerprint density at radius 3 is 2.60 bits per heavy atom. The predicted molar refractivity (Wildman–Crippen MR) is 84.8 cm³/mol. The molecule has 4 nitrogen and oxygen atoms in total. The number of carbonyl (C=O) groups excluding carboxylic acids is 1. The smallest absolute Gasteiger partial charge is 0.225 e. The Hall–Kier alpha value is -0.610. The van der Waals surface area contributed by atoms with Crippen LogP contribution in [-0.4, -0.2) is 50.1 Å². The van der Waals surface area contributed by atoms with Crippen LogP contribution in [-0.2, 0) is 4.79 Å². The van der Waals surface area contributed by atoms with Gasteiger partial charge >= 0.3 is 0 Å². The number of piperidine rings is 1. The van der Waals surface area contributed by atoms with Crippen molar-refractivity contribution in [2.24, 2.45) is 11.3 Å². The van der Waals surface area contributed by atoms with Crippen molar-refractivity contribution in [1.29, 1.82) is 0 Å². The monoisotopic (exact) mass is 283 g/mol. The fourth-order valence-electron chi connectivity index (χ4n) is 2.93. The molecule has 0 radical (unpaired) electrons. The van der Waals surface area contributed by atoms with Gasteiger partial charge in [0.2, 0.25) is 5.91 Å². The molecule has 0 spiro atoms. The van der Waals surface area contributed by atoms with Crippen LogP contribution in [0.15, 0.2) is 0 Å². The second-order valence-electron chi connectivity index (χ2n) is 6.40. The predicted octanol–water partition coefficient (Wildman–Crippen LogP) is 1.86. The molecule has 1 saturated heterocycles. The first-order valence-corrected chi connectivity index (χ1v) is 8.23. The maximum atomic E-state index is 12.4. The minimum atomic E-state index is -0.261. The molecule has 0 bridgehead atoms. The summed E-state index contributed by atoms with van der Waals surface area (Å²) in [5.74, 6) is 0.671. The molecule has 0 aromatic rings. The molecule has 0 saturated carbocycles. The van der Waals surface area contributed by atoms with E-state index in [0.29, 0.717) is 5.92 Å². The lowest BCUT2D eigenvalue weighted by atomic mass is 9.74. The van der Waals surface area contributed by atoms with Crippen LogP contribution >= 0.6 is 0 Å². The summed E-state index contributed by atoms with van der Waals surface area (Å²) in [6.07, 6.45) is 3.38. The number of amides is 1. The van der Waals surface area contributed by atoms with Gasteiger partial charge in [0.05, 0.1) is 0 Å². The first kappa shape index (κ1) is 17.4. The second kappa shape index (κ2) is 8.63. The van der Waals surface area contributed by atoms with Crippen LogP contribution in [0.2, 0.25) is 0 Å². The van der Waals surface area contributed by atoms with Gasteiger partial charge in [-0.2, -0.15) is 0 Å². The Balaban J connectivity index is 2.30. The average molecular weight is 283 g/mol. The van der Waals surface area contributed by atoms with Crippen LogP contribution < -0.4 is 10.6 Å². The molecular formula is C16H33N3O. The number of rotatable bonds is 8. The van der Waals surface area contributed by atoms with E-state index in [4.69, 9.17) is 0 Å². The van der Waals surface area contributed by atoms with E-state index >= 15 is 0 Å². The molecule has 1 heterocycles. The Labute approximate surface area is 124 Å². The summed E-state index contributed by atoms with van der Waals surface area (Å²) in [6, 6.07) is 0. The maximum absolute atomic E-state index is 12.4. The third kappa shape index (κ3) is 5.06. The van der Waals surface area contributed by atoms with E-state index in [1.165, 1.54) is 6.42 Å². The van der Waals surface area contributed by atoms with Crippen molar-refractivity contribution >= 4 is 5.91 Å². The first-order valence-electron chi connectivity index (χ1n) is 8.23. The van der Waals surface area contributed by atoms with Crippen LogP contribution in [0.1, 0.15) is 47.0 Å². The van der Waals surface area contributed by atoms with Crippen molar-refractivity contribution in [1.82, 2.24) is 15.5 Å². The standard InChI is InChI=1S/C16H33N3O/c1-5-19(6-2)12-8-11-18-15(20)16(3,4)14-9-7-10-17-13-14/h14,17H,5-13H2,1-4H3,(H,18,20). The fraction of sp³-hybridized carbons (Fsp3) is 0.938. The van der Waals surface area contributed by atoms with Gasteiger partial charge in [-0.3, -0.25) is 4.79 Å². The van der Waals surface area contributed by atoms with E-state index in [2.05, 4.69) is 43.2 Å². The Morgan fingerprint density at radius 2 is 2.05 bits per heavy atom. The molecule has 1 aliphatic rings. The van der Waals surface area contributed by atoms with Gasteiger partial charge in [-0.1, -0.05) is 27.7 Å². The highest BCUT2D eigenvalue weighted by Crippen LogP contribution is 2.31. The SMILES string of the molecule is CCN(CC)CCCNC(=O)C(C)(C)C1CCCNC1. The van der Waals surface area contributed by atoms with Gasteiger partial charge in [-0.25, -0.2) is 0 Å². The van der Waals surface area contributed by atoms with Crippen LogP contribution in [0, 0.1) is 11.3 Å². The summed E-state index contributed by atoms with van der Waals surface area (Å²) in [5.41, 5.74) is -0.261. The lowest BCUT2D eigenvalue weighted by Gasteiger charge is -2.36. The molecule has 1 atom stereocenters. The van der Waals surface area contributed by atoms with Crippen molar-refractivity contribution in [3.8, 4) is 0 Å². The fourth-order valence-corrected chi connectivity index (χ4v) is 2.93. The van der Waals surface area contributed by atoms with E-state index in [0.717, 1.165) is 52.1 Å². The molecule has 0 aromatic carbocycles. The Bertz CT molecular complexity index is 281. The highest BCUT2D eigenvalue weighted by molar-refractivity contribution is 5.82. The third-order valence-electron chi connectivity index (χ3n) is 4.73. The first-order chi connectivity index (χ1) is 9.52. The van der Waals surface area contributed by atoms with Crippen LogP contribution in [0.3, 0.4) is 0 Å². The minimum absolute atomic E-state index is 0.214. The minimum Gasteiger partial charge on any atom is -0.356 e. The molecule has 1 aliphatic heterocycles. The van der Waals surface area contributed by atoms with E-state index in [1.54, 1.807) is 0 Å². The Morgan fingerprint density at radius 1 is 1.35 bits per heavy atom. The summed E-state index contributed by atoms with van der Waals surface area (Å²) in [6.45, 7) is 14.6. The zero-order valence-corrected chi connectivity index (χ0v) is 13.8. The molecule has 1 unspecified atom stereocenters. The van der Waals surface area contributed by atoms with Crippen LogP contribution in [0.5, 0.6) is 0 Å². The number of hydrogen-bond acceptors (Lipinski definition) is 3. The van der Waals surface area contributed by atoms with E-state index in [1.807, 2.05) is 0 Å². The van der Waals surface area contributed by atoms with Gasteiger partial charge < -0.3 is 15.5 Å². The molecule has 1 rings (SSSR count). The summed E-state index contributed by atoms with van der Waals surface area (Å²) >= 11 is 0. The summed E-state index contributed by atoms with van der Waals surface area (Å²) in [5, 5.41) is 6.54. The van der Waals surface area contributed by atoms with E-state index in [9.17, 15) is 4.79 Å². The number of nitrogens with one attached hydrogen (secondary N) is 2. The van der Waals surface area contributed by atoms with Crippen molar-refractivity contribution < 1.29 is 4.79 Å². The topological polar surface area (TPSA) is 44.4 Å². The summed E-state index contributed by atoms with van der Waals surface area (Å²) < 4.78 is 0. The van der Waals surface area contributed by atoms with Crippen molar-refractivity contribution in [2.75, 3.05) is 39.3 Å². The molecule has 1 fully saturated rings. The maximum Gasteiger partial charge on any atom is 0.225 e. The molecule has 0 aliphatic carbocycles. The normalized spacial score (nSPS) is 20.1. The van der Waals surface area contributed by atoms with E-state index < -0.39 is 0 Å². The molecule has 4 heteroatoms. The molecular weight excluding hydrogens is 250 g/mol.